The van der Waals surface area contributed by atoms with Crippen LogP contribution in [0.15, 0.2) is 0 Å². The summed E-state index contributed by atoms with van der Waals surface area (Å²) in [6.07, 6.45) is 13.7. The summed E-state index contributed by atoms with van der Waals surface area (Å²) in [5, 5.41) is 0. The van der Waals surface area contributed by atoms with Crippen molar-refractivity contribution in [3.63, 3.8) is 0 Å². The summed E-state index contributed by atoms with van der Waals surface area (Å²) in [5.74, 6) is -0.735. The molecule has 2 nitrogen and oxygen atoms in total. The van der Waals surface area contributed by atoms with E-state index in [1.807, 2.05) is 0 Å². The van der Waals surface area contributed by atoms with Gasteiger partial charge in [0.05, 0.1) is 0 Å². The fourth-order valence-electron chi connectivity index (χ4n) is 1.97. The van der Waals surface area contributed by atoms with Gasteiger partial charge in [0.15, 0.2) is 17.4 Å². The van der Waals surface area contributed by atoms with Crippen molar-refractivity contribution in [2.24, 2.45) is 0 Å². The van der Waals surface area contributed by atoms with Gasteiger partial charge in [-0.3, -0.25) is 4.94 Å². The summed E-state index contributed by atoms with van der Waals surface area (Å²) in [6, 6.07) is 0. The molecule has 0 saturated carbocycles. The molecule has 0 aromatic heterocycles. The molecule has 108 valence electrons. The predicted molar refractivity (Wildman–Crippen MR) is 78.2 cm³/mol. The van der Waals surface area contributed by atoms with Gasteiger partial charge in [0.25, 0.3) is 0 Å². The van der Waals surface area contributed by atoms with Crippen LogP contribution in [0.25, 0.3) is 0 Å². The first-order chi connectivity index (χ1) is 8.31. The van der Waals surface area contributed by atoms with Crippen molar-refractivity contribution in [2.45, 2.75) is 84.0 Å². The van der Waals surface area contributed by atoms with Gasteiger partial charge >= 0.3 is 5.97 Å². The first kappa shape index (κ1) is 20.3. The minimum atomic E-state index is -0.735. The third kappa shape index (κ3) is 15.9. The summed E-state index contributed by atoms with van der Waals surface area (Å²) in [5.41, 5.74) is 0. The highest BCUT2D eigenvalue weighted by atomic mass is 27.0. The maximum atomic E-state index is 11.3. The molecule has 0 N–H and O–H groups in total. The Morgan fingerprint density at radius 3 is 1.61 bits per heavy atom. The normalized spacial score (nSPS) is 9.89. The molecule has 0 aromatic rings. The maximum absolute atomic E-state index is 11.3. The standard InChI is InChI=1S/C14H27FO2.Al.3H/c1-2-3-4-5-6-7-8-9-10-11-12-13-14(16)17-15;;;;/h2-13H2,1H3;;;;. The van der Waals surface area contributed by atoms with Crippen molar-refractivity contribution in [1.82, 2.24) is 0 Å². The molecule has 0 amide bonds. The van der Waals surface area contributed by atoms with Crippen LogP contribution in [0.3, 0.4) is 0 Å². The lowest BCUT2D eigenvalue weighted by Gasteiger charge is -2.01. The van der Waals surface area contributed by atoms with E-state index in [2.05, 4.69) is 11.9 Å². The topological polar surface area (TPSA) is 26.3 Å². The zero-order chi connectivity index (χ0) is 12.8. The molecule has 0 aliphatic rings. The average Bonchev–Trinajstić information content (AvgIpc) is 2.35. The second-order valence-electron chi connectivity index (χ2n) is 4.73. The van der Waals surface area contributed by atoms with E-state index in [0.717, 1.165) is 19.3 Å². The van der Waals surface area contributed by atoms with E-state index < -0.39 is 5.97 Å². The molecule has 0 fully saturated rings. The van der Waals surface area contributed by atoms with Crippen LogP contribution in [0, 0.1) is 0 Å². The van der Waals surface area contributed by atoms with E-state index in [4.69, 9.17) is 0 Å². The van der Waals surface area contributed by atoms with E-state index in [1.54, 1.807) is 0 Å². The molecular formula is C14H30AlFO2. The molecule has 0 spiro atoms. The number of rotatable bonds is 12. The van der Waals surface area contributed by atoms with Gasteiger partial charge in [0.2, 0.25) is 0 Å². The van der Waals surface area contributed by atoms with E-state index >= 15 is 0 Å². The zero-order valence-electron chi connectivity index (χ0n) is 11.2. The summed E-state index contributed by atoms with van der Waals surface area (Å²) in [6.45, 7) is 2.23. The Balaban J connectivity index is 0. The van der Waals surface area contributed by atoms with Crippen molar-refractivity contribution in [3.8, 4) is 0 Å². The molecular weight excluding hydrogens is 246 g/mol. The monoisotopic (exact) mass is 276 g/mol. The van der Waals surface area contributed by atoms with Crippen molar-refractivity contribution in [3.05, 3.63) is 0 Å². The highest BCUT2D eigenvalue weighted by Crippen LogP contribution is 2.11. The smallest absolute Gasteiger partial charge is 0.255 e. The highest BCUT2D eigenvalue weighted by molar-refractivity contribution is 5.75. The summed E-state index contributed by atoms with van der Waals surface area (Å²) in [7, 11) is 0. The van der Waals surface area contributed by atoms with Crippen LogP contribution in [-0.4, -0.2) is 23.3 Å². The molecule has 0 unspecified atom stereocenters. The first-order valence-corrected chi connectivity index (χ1v) is 7.12. The van der Waals surface area contributed by atoms with Gasteiger partial charge in [-0.05, 0) is 6.42 Å². The van der Waals surface area contributed by atoms with Gasteiger partial charge in [-0.25, -0.2) is 4.79 Å². The Morgan fingerprint density at radius 2 is 1.22 bits per heavy atom. The molecule has 0 saturated heterocycles. The lowest BCUT2D eigenvalue weighted by Crippen LogP contribution is -1.96. The molecule has 0 aromatic carbocycles. The molecule has 0 bridgehead atoms. The Bertz CT molecular complexity index is 177. The number of unbranched alkanes of at least 4 members (excludes halogenated alkanes) is 10. The quantitative estimate of drug-likeness (QED) is 0.399. The van der Waals surface area contributed by atoms with Crippen molar-refractivity contribution in [2.75, 3.05) is 0 Å². The van der Waals surface area contributed by atoms with Crippen LogP contribution in [0.4, 0.5) is 4.53 Å². The Morgan fingerprint density at radius 1 is 0.833 bits per heavy atom. The van der Waals surface area contributed by atoms with E-state index in [-0.39, 0.29) is 23.8 Å². The van der Waals surface area contributed by atoms with Crippen LogP contribution >= 0.6 is 0 Å². The van der Waals surface area contributed by atoms with Gasteiger partial charge in [-0.1, -0.05) is 71.1 Å². The molecule has 0 heterocycles. The van der Waals surface area contributed by atoms with Crippen molar-refractivity contribution in [1.29, 1.82) is 0 Å². The lowest BCUT2D eigenvalue weighted by atomic mass is 10.1. The number of carbonyl (C=O) groups is 1. The lowest BCUT2D eigenvalue weighted by molar-refractivity contribution is -0.183. The Hall–Kier alpha value is -0.0675. The summed E-state index contributed by atoms with van der Waals surface area (Å²) in [4.78, 5) is 13.6. The fourth-order valence-corrected chi connectivity index (χ4v) is 1.97. The zero-order valence-corrected chi connectivity index (χ0v) is 11.2. The third-order valence-electron chi connectivity index (χ3n) is 3.07. The van der Waals surface area contributed by atoms with Crippen LogP contribution in [0.5, 0.6) is 0 Å². The van der Waals surface area contributed by atoms with Gasteiger partial charge in [0.1, 0.15) is 0 Å². The van der Waals surface area contributed by atoms with Gasteiger partial charge < -0.3 is 0 Å². The van der Waals surface area contributed by atoms with Crippen LogP contribution in [0.1, 0.15) is 84.0 Å². The fraction of sp³-hybridized carbons (Fsp3) is 0.929. The largest absolute Gasteiger partial charge is 0.348 e. The van der Waals surface area contributed by atoms with Gasteiger partial charge in [-0.2, -0.15) is 0 Å². The van der Waals surface area contributed by atoms with Crippen LogP contribution < -0.4 is 0 Å². The highest BCUT2D eigenvalue weighted by Gasteiger charge is 2.01. The van der Waals surface area contributed by atoms with Crippen LogP contribution in [0.2, 0.25) is 0 Å². The van der Waals surface area contributed by atoms with Gasteiger partial charge in [0, 0.05) is 10.9 Å². The minimum Gasteiger partial charge on any atom is -0.255 e. The minimum absolute atomic E-state index is 0. The molecule has 0 aliphatic carbocycles. The van der Waals surface area contributed by atoms with Crippen LogP contribution in [-0.2, 0) is 9.74 Å². The Labute approximate surface area is 122 Å². The van der Waals surface area contributed by atoms with Crippen molar-refractivity contribution < 1.29 is 14.3 Å². The average molecular weight is 276 g/mol. The second-order valence-corrected chi connectivity index (χ2v) is 4.73. The van der Waals surface area contributed by atoms with Crippen molar-refractivity contribution >= 4 is 23.3 Å². The third-order valence-corrected chi connectivity index (χ3v) is 3.07. The summed E-state index contributed by atoms with van der Waals surface area (Å²) < 4.78 is 11.3. The van der Waals surface area contributed by atoms with E-state index in [9.17, 15) is 9.32 Å². The number of carbonyl (C=O) groups excluding carboxylic acids is 1. The van der Waals surface area contributed by atoms with E-state index in [1.165, 1.54) is 51.4 Å². The Kier molecular flexibility index (Phi) is 19.1. The van der Waals surface area contributed by atoms with Gasteiger partial charge in [-0.15, -0.1) is 0 Å². The number of hydrogen-bond donors (Lipinski definition) is 0. The molecule has 0 aliphatic heterocycles. The molecule has 0 atom stereocenters. The first-order valence-electron chi connectivity index (χ1n) is 7.12. The number of halogens is 1. The molecule has 18 heavy (non-hydrogen) atoms. The maximum Gasteiger partial charge on any atom is 0.348 e. The number of hydrogen-bond acceptors (Lipinski definition) is 2. The summed E-state index contributed by atoms with van der Waals surface area (Å²) >= 11 is 0. The van der Waals surface area contributed by atoms with E-state index in [0.29, 0.717) is 0 Å². The molecule has 0 rings (SSSR count). The second kappa shape index (κ2) is 16.9. The SMILES string of the molecule is CCCCCCCCCCCCCC(=O)OF.[AlH3]. The molecule has 0 radical (unpaired) electrons. The predicted octanol–water partition coefficient (Wildman–Crippen LogP) is 3.93. The molecule has 4 heteroatoms.